The summed E-state index contributed by atoms with van der Waals surface area (Å²) < 4.78 is 28.2. The maximum atomic E-state index is 14.3. The van der Waals surface area contributed by atoms with E-state index in [4.69, 9.17) is 5.73 Å². The second-order valence-electron chi connectivity index (χ2n) is 5.54. The zero-order valence-electron chi connectivity index (χ0n) is 11.4. The molecule has 2 N–H and O–H groups in total. The second kappa shape index (κ2) is 4.67. The summed E-state index contributed by atoms with van der Waals surface area (Å²) in [6.07, 6.45) is 2.44. The summed E-state index contributed by atoms with van der Waals surface area (Å²) in [6.45, 7) is 1.56. The molecule has 0 saturated heterocycles. The summed E-state index contributed by atoms with van der Waals surface area (Å²) in [5.74, 6) is -1.61. The van der Waals surface area contributed by atoms with Gasteiger partial charge in [-0.25, -0.2) is 8.78 Å². The molecule has 0 heterocycles. The van der Waals surface area contributed by atoms with E-state index in [-0.39, 0.29) is 5.56 Å². The molecule has 0 spiro atoms. The Morgan fingerprint density at radius 2 is 1.75 bits per heavy atom. The van der Waals surface area contributed by atoms with E-state index in [1.165, 1.54) is 0 Å². The molecule has 0 bridgehead atoms. The Hall–Kier alpha value is -1.74. The Bertz CT molecular complexity index is 666. The number of nitrogens with two attached hydrogens (primary N) is 1. The molecule has 0 fully saturated rings. The van der Waals surface area contributed by atoms with Crippen molar-refractivity contribution in [2.45, 2.75) is 31.7 Å². The first-order valence-electron chi connectivity index (χ1n) is 6.86. The number of hydrogen-bond donors (Lipinski definition) is 1. The van der Waals surface area contributed by atoms with Gasteiger partial charge in [0.1, 0.15) is 0 Å². The molecule has 2 aromatic rings. The molecule has 3 rings (SSSR count). The third-order valence-corrected chi connectivity index (χ3v) is 4.27. The first-order valence-corrected chi connectivity index (χ1v) is 6.86. The molecule has 1 unspecified atom stereocenters. The number of benzene rings is 2. The van der Waals surface area contributed by atoms with Gasteiger partial charge in [0, 0.05) is 5.56 Å². The minimum Gasteiger partial charge on any atom is -0.318 e. The van der Waals surface area contributed by atoms with Crippen molar-refractivity contribution >= 4 is 0 Å². The van der Waals surface area contributed by atoms with Crippen LogP contribution < -0.4 is 5.73 Å². The predicted octanol–water partition coefficient (Wildman–Crippen LogP) is 3.81. The Kier molecular flexibility index (Phi) is 3.09. The number of hydrogen-bond acceptors (Lipinski definition) is 1. The normalized spacial score (nSPS) is 21.6. The van der Waals surface area contributed by atoms with Crippen molar-refractivity contribution in [3.05, 3.63) is 70.3 Å². The van der Waals surface area contributed by atoms with Gasteiger partial charge in [-0.05, 0) is 42.9 Å². The van der Waals surface area contributed by atoms with Crippen LogP contribution in [0.25, 0.3) is 0 Å². The minimum absolute atomic E-state index is 0.257. The van der Waals surface area contributed by atoms with Gasteiger partial charge in [-0.1, -0.05) is 36.4 Å². The molecular formula is C17H17F2N. The lowest BCUT2D eigenvalue weighted by Crippen LogP contribution is -2.42. The summed E-state index contributed by atoms with van der Waals surface area (Å²) >= 11 is 0. The first kappa shape index (κ1) is 13.3. The van der Waals surface area contributed by atoms with Gasteiger partial charge in [0.2, 0.25) is 0 Å². The fraction of sp³-hybridized carbons (Fsp3) is 0.294. The summed E-state index contributed by atoms with van der Waals surface area (Å²) in [5.41, 5.74) is 8.17. The van der Waals surface area contributed by atoms with Gasteiger partial charge < -0.3 is 5.73 Å². The smallest absolute Gasteiger partial charge is 0.164 e. The zero-order chi connectivity index (χ0) is 14.3. The van der Waals surface area contributed by atoms with Crippen LogP contribution in [0.2, 0.25) is 0 Å². The predicted molar refractivity (Wildman–Crippen MR) is 75.4 cm³/mol. The Morgan fingerprint density at radius 1 is 1.00 bits per heavy atom. The van der Waals surface area contributed by atoms with Crippen molar-refractivity contribution in [1.82, 2.24) is 0 Å². The maximum Gasteiger partial charge on any atom is 0.164 e. The van der Waals surface area contributed by atoms with Crippen molar-refractivity contribution in [2.24, 2.45) is 5.73 Å². The molecular weight excluding hydrogens is 256 g/mol. The fourth-order valence-electron chi connectivity index (χ4n) is 3.14. The average Bonchev–Trinajstić information content (AvgIpc) is 2.45. The topological polar surface area (TPSA) is 26.0 Å². The monoisotopic (exact) mass is 273 g/mol. The van der Waals surface area contributed by atoms with E-state index in [2.05, 4.69) is 0 Å². The van der Waals surface area contributed by atoms with E-state index in [0.717, 1.165) is 24.0 Å². The Balaban J connectivity index is 2.22. The van der Waals surface area contributed by atoms with Crippen LogP contribution in [0, 0.1) is 18.6 Å². The highest BCUT2D eigenvalue weighted by Crippen LogP contribution is 2.40. The van der Waals surface area contributed by atoms with Gasteiger partial charge in [-0.2, -0.15) is 0 Å². The third kappa shape index (κ3) is 1.85. The summed E-state index contributed by atoms with van der Waals surface area (Å²) in [7, 11) is 0. The molecule has 1 atom stereocenters. The summed E-state index contributed by atoms with van der Waals surface area (Å²) in [4.78, 5) is 0. The van der Waals surface area contributed by atoms with Crippen LogP contribution >= 0.6 is 0 Å². The van der Waals surface area contributed by atoms with Crippen molar-refractivity contribution in [3.63, 3.8) is 0 Å². The highest BCUT2D eigenvalue weighted by atomic mass is 19.2. The van der Waals surface area contributed by atoms with Gasteiger partial charge in [0.15, 0.2) is 11.6 Å². The van der Waals surface area contributed by atoms with Crippen LogP contribution in [-0.4, -0.2) is 0 Å². The van der Waals surface area contributed by atoms with E-state index < -0.39 is 17.2 Å². The number of halogens is 2. The van der Waals surface area contributed by atoms with Gasteiger partial charge in [-0.3, -0.25) is 0 Å². The SMILES string of the molecule is Cc1ccc(C2(N)CCCc3ccccc32)c(F)c1F. The van der Waals surface area contributed by atoms with Crippen LogP contribution in [0.15, 0.2) is 36.4 Å². The lowest BCUT2D eigenvalue weighted by atomic mass is 9.73. The molecule has 0 aliphatic heterocycles. The molecule has 0 amide bonds. The first-order chi connectivity index (χ1) is 9.54. The quantitative estimate of drug-likeness (QED) is 0.840. The largest absolute Gasteiger partial charge is 0.318 e. The standard InChI is InChI=1S/C17H17F2N/c1-11-8-9-14(16(19)15(11)18)17(20)10-4-6-12-5-2-3-7-13(12)17/h2-3,5,7-9H,4,6,10,20H2,1H3. The average molecular weight is 273 g/mol. The lowest BCUT2D eigenvalue weighted by Gasteiger charge is -2.36. The van der Waals surface area contributed by atoms with E-state index in [0.29, 0.717) is 12.0 Å². The van der Waals surface area contributed by atoms with E-state index in [9.17, 15) is 8.78 Å². The van der Waals surface area contributed by atoms with Gasteiger partial charge in [-0.15, -0.1) is 0 Å². The van der Waals surface area contributed by atoms with Crippen LogP contribution in [0.1, 0.15) is 35.1 Å². The van der Waals surface area contributed by atoms with Crippen molar-refractivity contribution < 1.29 is 8.78 Å². The van der Waals surface area contributed by atoms with Gasteiger partial charge in [0.25, 0.3) is 0 Å². The van der Waals surface area contributed by atoms with E-state index >= 15 is 0 Å². The van der Waals surface area contributed by atoms with E-state index in [1.54, 1.807) is 19.1 Å². The molecule has 1 aliphatic carbocycles. The Labute approximate surface area is 117 Å². The summed E-state index contributed by atoms with van der Waals surface area (Å²) in [5, 5.41) is 0. The maximum absolute atomic E-state index is 14.3. The highest BCUT2D eigenvalue weighted by molar-refractivity contribution is 5.45. The van der Waals surface area contributed by atoms with Crippen molar-refractivity contribution in [1.29, 1.82) is 0 Å². The fourth-order valence-corrected chi connectivity index (χ4v) is 3.14. The van der Waals surface area contributed by atoms with Crippen LogP contribution in [0.5, 0.6) is 0 Å². The third-order valence-electron chi connectivity index (χ3n) is 4.27. The minimum atomic E-state index is -0.937. The van der Waals surface area contributed by atoms with Crippen LogP contribution in [-0.2, 0) is 12.0 Å². The number of fused-ring (bicyclic) bond motifs is 1. The van der Waals surface area contributed by atoms with Crippen molar-refractivity contribution in [3.8, 4) is 0 Å². The van der Waals surface area contributed by atoms with Gasteiger partial charge >= 0.3 is 0 Å². The molecule has 104 valence electrons. The molecule has 3 heteroatoms. The van der Waals surface area contributed by atoms with Crippen LogP contribution in [0.3, 0.4) is 0 Å². The van der Waals surface area contributed by atoms with Gasteiger partial charge in [0.05, 0.1) is 5.54 Å². The molecule has 0 saturated carbocycles. The Morgan fingerprint density at radius 3 is 2.55 bits per heavy atom. The zero-order valence-corrected chi connectivity index (χ0v) is 11.4. The number of aryl methyl sites for hydroxylation is 2. The number of rotatable bonds is 1. The molecule has 1 nitrogen and oxygen atoms in total. The highest BCUT2D eigenvalue weighted by Gasteiger charge is 2.37. The van der Waals surface area contributed by atoms with Crippen molar-refractivity contribution in [2.75, 3.05) is 0 Å². The molecule has 0 radical (unpaired) electrons. The molecule has 2 aromatic carbocycles. The summed E-state index contributed by atoms with van der Waals surface area (Å²) in [6, 6.07) is 11.0. The van der Waals surface area contributed by atoms with E-state index in [1.807, 2.05) is 24.3 Å². The lowest BCUT2D eigenvalue weighted by molar-refractivity contribution is 0.404. The molecule has 1 aliphatic rings. The van der Waals surface area contributed by atoms with Crippen LogP contribution in [0.4, 0.5) is 8.78 Å². The molecule has 20 heavy (non-hydrogen) atoms. The second-order valence-corrected chi connectivity index (χ2v) is 5.54. The molecule has 0 aromatic heterocycles.